The maximum absolute atomic E-state index is 11.9. The predicted molar refractivity (Wildman–Crippen MR) is 72.7 cm³/mol. The van der Waals surface area contributed by atoms with E-state index in [0.29, 0.717) is 6.54 Å². The van der Waals surface area contributed by atoms with E-state index >= 15 is 0 Å². The smallest absolute Gasteiger partial charge is 0.327 e. The van der Waals surface area contributed by atoms with E-state index in [1.165, 1.54) is 7.11 Å². The highest BCUT2D eigenvalue weighted by Gasteiger charge is 2.26. The van der Waals surface area contributed by atoms with Crippen LogP contribution in [-0.4, -0.2) is 30.0 Å². The van der Waals surface area contributed by atoms with Crippen LogP contribution < -0.4 is 0 Å². The van der Waals surface area contributed by atoms with Crippen molar-refractivity contribution in [3.8, 4) is 0 Å². The highest BCUT2D eigenvalue weighted by Crippen LogP contribution is 2.24. The van der Waals surface area contributed by atoms with Crippen molar-refractivity contribution in [2.45, 2.75) is 12.6 Å². The maximum Gasteiger partial charge on any atom is 0.327 e. The molecule has 2 aromatic heterocycles. The van der Waals surface area contributed by atoms with E-state index in [4.69, 9.17) is 4.74 Å². The Hall–Kier alpha value is -1.24. The van der Waals surface area contributed by atoms with Gasteiger partial charge in [0.15, 0.2) is 0 Å². The minimum Gasteiger partial charge on any atom is -0.468 e. The number of carbonyl (C=O) groups excluding carboxylic acids is 1. The molecular weight excluding hydrogens is 268 g/mol. The number of nitrogens with zero attached hydrogens (tertiary/aromatic N) is 2. The monoisotopic (exact) mass is 282 g/mol. The molecule has 4 nitrogen and oxygen atoms in total. The van der Waals surface area contributed by atoms with Gasteiger partial charge in [-0.15, -0.1) is 11.3 Å². The summed E-state index contributed by atoms with van der Waals surface area (Å²) in [6, 6.07) is 1.58. The molecule has 0 bridgehead atoms. The topological polar surface area (TPSA) is 42.4 Å². The Morgan fingerprint density at radius 1 is 1.50 bits per heavy atom. The molecule has 0 saturated heterocycles. The zero-order chi connectivity index (χ0) is 13.0. The molecule has 2 rings (SSSR count). The Morgan fingerprint density at radius 3 is 2.89 bits per heavy atom. The van der Waals surface area contributed by atoms with Crippen molar-refractivity contribution in [2.24, 2.45) is 0 Å². The molecule has 0 fully saturated rings. The molecule has 0 aliphatic heterocycles. The van der Waals surface area contributed by atoms with Crippen molar-refractivity contribution in [3.63, 3.8) is 0 Å². The summed E-state index contributed by atoms with van der Waals surface area (Å²) in [6.45, 7) is 0.624. The normalized spacial score (nSPS) is 12.6. The largest absolute Gasteiger partial charge is 0.468 e. The van der Waals surface area contributed by atoms with Crippen LogP contribution in [0.4, 0.5) is 0 Å². The molecule has 0 aromatic carbocycles. The lowest BCUT2D eigenvalue weighted by Crippen LogP contribution is -2.31. The van der Waals surface area contributed by atoms with Crippen LogP contribution in [0.3, 0.4) is 0 Å². The first-order valence-corrected chi connectivity index (χ1v) is 7.28. The fourth-order valence-corrected chi connectivity index (χ4v) is 3.00. The first-order chi connectivity index (χ1) is 8.72. The Kier molecular flexibility index (Phi) is 4.46. The number of ether oxygens (including phenoxy) is 1. The van der Waals surface area contributed by atoms with E-state index in [9.17, 15) is 4.79 Å². The van der Waals surface area contributed by atoms with E-state index in [1.54, 1.807) is 28.2 Å². The minimum absolute atomic E-state index is 0.244. The third-order valence-electron chi connectivity index (χ3n) is 2.62. The van der Waals surface area contributed by atoms with Crippen LogP contribution in [0.5, 0.6) is 0 Å². The van der Waals surface area contributed by atoms with Crippen LogP contribution in [0, 0.1) is 0 Å². The SMILES string of the molecule is COC(=O)[C@H](c1ccsc1)N(C)Cc1cscn1. The van der Waals surface area contributed by atoms with Crippen LogP contribution in [0.1, 0.15) is 17.3 Å². The number of rotatable bonds is 5. The number of hydrogen-bond acceptors (Lipinski definition) is 6. The van der Waals surface area contributed by atoms with Gasteiger partial charge in [0, 0.05) is 11.9 Å². The summed E-state index contributed by atoms with van der Waals surface area (Å²) in [6.07, 6.45) is 0. The minimum atomic E-state index is -0.372. The highest BCUT2D eigenvalue weighted by molar-refractivity contribution is 7.08. The van der Waals surface area contributed by atoms with Crippen molar-refractivity contribution >= 4 is 28.6 Å². The molecule has 0 unspecified atom stereocenters. The zero-order valence-electron chi connectivity index (χ0n) is 10.2. The molecule has 6 heteroatoms. The maximum atomic E-state index is 11.9. The number of esters is 1. The number of aromatic nitrogens is 1. The molecule has 0 aliphatic carbocycles. The lowest BCUT2D eigenvalue weighted by atomic mass is 10.1. The molecule has 96 valence electrons. The first kappa shape index (κ1) is 13.2. The Bertz CT molecular complexity index is 482. The predicted octanol–water partition coefficient (Wildman–Crippen LogP) is 2.55. The second-order valence-corrected chi connectivity index (χ2v) is 5.38. The Balaban J connectivity index is 2.16. The van der Waals surface area contributed by atoms with E-state index in [2.05, 4.69) is 4.98 Å². The zero-order valence-corrected chi connectivity index (χ0v) is 11.8. The Morgan fingerprint density at radius 2 is 2.33 bits per heavy atom. The molecule has 2 heterocycles. The lowest BCUT2D eigenvalue weighted by Gasteiger charge is -2.24. The van der Waals surface area contributed by atoms with E-state index < -0.39 is 0 Å². The molecule has 0 spiro atoms. The van der Waals surface area contributed by atoms with Crippen molar-refractivity contribution in [3.05, 3.63) is 39.0 Å². The summed E-state index contributed by atoms with van der Waals surface area (Å²) in [5, 5.41) is 5.92. The van der Waals surface area contributed by atoms with Gasteiger partial charge in [0.1, 0.15) is 6.04 Å². The third kappa shape index (κ3) is 2.95. The van der Waals surface area contributed by atoms with Gasteiger partial charge in [0.2, 0.25) is 0 Å². The van der Waals surface area contributed by atoms with Crippen molar-refractivity contribution in [2.75, 3.05) is 14.2 Å². The van der Waals surface area contributed by atoms with E-state index in [-0.39, 0.29) is 12.0 Å². The van der Waals surface area contributed by atoms with Crippen molar-refractivity contribution in [1.82, 2.24) is 9.88 Å². The van der Waals surface area contributed by atoms with Gasteiger partial charge in [-0.3, -0.25) is 4.90 Å². The van der Waals surface area contributed by atoms with Crippen LogP contribution in [0.2, 0.25) is 0 Å². The van der Waals surface area contributed by atoms with Gasteiger partial charge in [-0.05, 0) is 29.4 Å². The molecule has 18 heavy (non-hydrogen) atoms. The summed E-state index contributed by atoms with van der Waals surface area (Å²) in [7, 11) is 3.32. The van der Waals surface area contributed by atoms with Gasteiger partial charge in [-0.2, -0.15) is 11.3 Å². The molecule has 0 amide bonds. The second kappa shape index (κ2) is 6.08. The van der Waals surface area contributed by atoms with E-state index in [1.807, 2.05) is 34.2 Å². The average Bonchev–Trinajstić information content (AvgIpc) is 3.02. The Labute approximate surface area is 114 Å². The van der Waals surface area contributed by atoms with Crippen LogP contribution in [0.25, 0.3) is 0 Å². The summed E-state index contributed by atoms with van der Waals surface area (Å²) in [5.74, 6) is -0.244. The van der Waals surface area contributed by atoms with Gasteiger partial charge in [-0.25, -0.2) is 9.78 Å². The average molecular weight is 282 g/mol. The number of thiazole rings is 1. The fraction of sp³-hybridized carbons (Fsp3) is 0.333. The number of methoxy groups -OCH3 is 1. The molecule has 0 N–H and O–H groups in total. The lowest BCUT2D eigenvalue weighted by molar-refractivity contribution is -0.147. The molecule has 0 saturated carbocycles. The van der Waals surface area contributed by atoms with Crippen molar-refractivity contribution < 1.29 is 9.53 Å². The van der Waals surface area contributed by atoms with Gasteiger partial charge >= 0.3 is 5.97 Å². The first-order valence-electron chi connectivity index (χ1n) is 5.39. The molecule has 1 atom stereocenters. The quantitative estimate of drug-likeness (QED) is 0.790. The molecule has 2 aromatic rings. The van der Waals surface area contributed by atoms with Gasteiger partial charge in [0.05, 0.1) is 18.3 Å². The summed E-state index contributed by atoms with van der Waals surface area (Å²) in [5.41, 5.74) is 3.72. The van der Waals surface area contributed by atoms with Crippen LogP contribution in [-0.2, 0) is 16.1 Å². The number of hydrogen-bond donors (Lipinski definition) is 0. The highest BCUT2D eigenvalue weighted by atomic mass is 32.1. The summed E-state index contributed by atoms with van der Waals surface area (Å²) >= 11 is 3.13. The molecule has 0 aliphatic rings. The number of carbonyl (C=O) groups is 1. The number of likely N-dealkylation sites (N-methyl/N-ethyl adjacent to an activating group) is 1. The summed E-state index contributed by atoms with van der Waals surface area (Å²) in [4.78, 5) is 18.1. The van der Waals surface area contributed by atoms with Gasteiger partial charge in [0.25, 0.3) is 0 Å². The third-order valence-corrected chi connectivity index (χ3v) is 3.96. The molecule has 0 radical (unpaired) electrons. The fourth-order valence-electron chi connectivity index (χ4n) is 1.78. The number of thiophene rings is 1. The van der Waals surface area contributed by atoms with Gasteiger partial charge < -0.3 is 4.74 Å². The van der Waals surface area contributed by atoms with Crippen LogP contribution in [0.15, 0.2) is 27.7 Å². The van der Waals surface area contributed by atoms with Gasteiger partial charge in [-0.1, -0.05) is 0 Å². The van der Waals surface area contributed by atoms with E-state index in [0.717, 1.165) is 11.3 Å². The second-order valence-electron chi connectivity index (χ2n) is 3.88. The van der Waals surface area contributed by atoms with Crippen LogP contribution >= 0.6 is 22.7 Å². The summed E-state index contributed by atoms with van der Waals surface area (Å²) < 4.78 is 4.88. The standard InChI is InChI=1S/C12H14N2O2S2/c1-14(5-10-7-18-8-13-10)11(12(15)16-2)9-3-4-17-6-9/h3-4,6-8,11H,5H2,1-2H3/t11-/m0/s1. The van der Waals surface area contributed by atoms with Crippen molar-refractivity contribution in [1.29, 1.82) is 0 Å². The molecular formula is C12H14N2O2S2.